The van der Waals surface area contributed by atoms with Crippen LogP contribution in [-0.2, 0) is 9.53 Å². The Morgan fingerprint density at radius 3 is 2.53 bits per heavy atom. The van der Waals surface area contributed by atoms with Crippen LogP contribution in [0.3, 0.4) is 0 Å². The van der Waals surface area contributed by atoms with E-state index in [1.165, 1.54) is 25.7 Å². The molecule has 4 nitrogen and oxygen atoms in total. The Morgan fingerprint density at radius 2 is 1.93 bits per heavy atom. The van der Waals surface area contributed by atoms with E-state index in [0.29, 0.717) is 6.04 Å². The first kappa shape index (κ1) is 12.5. The van der Waals surface area contributed by atoms with Crippen molar-refractivity contribution >= 4 is 5.91 Å². The Labute approximate surface area is 91.0 Å². The van der Waals surface area contributed by atoms with Crippen molar-refractivity contribution < 1.29 is 14.6 Å². The second-order valence-electron chi connectivity index (χ2n) is 4.03. The van der Waals surface area contributed by atoms with E-state index in [2.05, 4.69) is 5.32 Å². The maximum Gasteiger partial charge on any atom is 0.246 e. The van der Waals surface area contributed by atoms with Crippen LogP contribution in [0.15, 0.2) is 0 Å². The highest BCUT2D eigenvalue weighted by Crippen LogP contribution is 2.16. The van der Waals surface area contributed by atoms with E-state index in [-0.39, 0.29) is 25.7 Å². The molecule has 2 N–H and O–H groups in total. The molecule has 1 aliphatic rings. The van der Waals surface area contributed by atoms with Gasteiger partial charge in [0.2, 0.25) is 5.91 Å². The number of aliphatic hydroxyl groups excluding tert-OH is 1. The molecular weight excluding hydrogens is 194 g/mol. The zero-order valence-electron chi connectivity index (χ0n) is 9.21. The number of carbonyl (C=O) groups is 1. The van der Waals surface area contributed by atoms with Gasteiger partial charge in [-0.05, 0) is 12.8 Å². The predicted molar refractivity (Wildman–Crippen MR) is 57.5 cm³/mol. The molecule has 0 heterocycles. The van der Waals surface area contributed by atoms with Crippen molar-refractivity contribution in [3.63, 3.8) is 0 Å². The van der Waals surface area contributed by atoms with Gasteiger partial charge in [0, 0.05) is 6.04 Å². The SMILES string of the molecule is O=C(COCCO)NC1CCCCCC1. The van der Waals surface area contributed by atoms with Gasteiger partial charge in [0.25, 0.3) is 0 Å². The maximum absolute atomic E-state index is 11.4. The molecular formula is C11H21NO3. The number of amides is 1. The average molecular weight is 215 g/mol. The van der Waals surface area contributed by atoms with Crippen molar-refractivity contribution in [3.8, 4) is 0 Å². The molecule has 0 aromatic rings. The standard InChI is InChI=1S/C11H21NO3/c13-7-8-15-9-11(14)12-10-5-3-1-2-4-6-10/h10,13H,1-9H2,(H,12,14). The summed E-state index contributed by atoms with van der Waals surface area (Å²) in [5, 5.41) is 11.5. The van der Waals surface area contributed by atoms with Crippen LogP contribution < -0.4 is 5.32 Å². The van der Waals surface area contributed by atoms with Crippen LogP contribution >= 0.6 is 0 Å². The van der Waals surface area contributed by atoms with E-state index in [9.17, 15) is 4.79 Å². The number of nitrogens with one attached hydrogen (secondary N) is 1. The third-order valence-electron chi connectivity index (χ3n) is 2.69. The van der Waals surface area contributed by atoms with Crippen LogP contribution in [0.5, 0.6) is 0 Å². The minimum absolute atomic E-state index is 0.0310. The molecule has 0 radical (unpaired) electrons. The molecule has 4 heteroatoms. The lowest BCUT2D eigenvalue weighted by atomic mass is 10.1. The number of ether oxygens (including phenoxy) is 1. The zero-order chi connectivity index (χ0) is 10.9. The second-order valence-corrected chi connectivity index (χ2v) is 4.03. The molecule has 0 aromatic heterocycles. The van der Waals surface area contributed by atoms with E-state index in [1.54, 1.807) is 0 Å². The Kier molecular flexibility index (Phi) is 6.36. The first-order valence-corrected chi connectivity index (χ1v) is 5.81. The molecule has 1 amide bonds. The average Bonchev–Trinajstić information content (AvgIpc) is 2.47. The summed E-state index contributed by atoms with van der Waals surface area (Å²) < 4.78 is 4.96. The van der Waals surface area contributed by atoms with Crippen molar-refractivity contribution in [1.29, 1.82) is 0 Å². The lowest BCUT2D eigenvalue weighted by Crippen LogP contribution is -2.37. The third kappa shape index (κ3) is 5.74. The van der Waals surface area contributed by atoms with Gasteiger partial charge in [0.1, 0.15) is 6.61 Å². The van der Waals surface area contributed by atoms with Gasteiger partial charge in [-0.25, -0.2) is 0 Å². The van der Waals surface area contributed by atoms with E-state index < -0.39 is 0 Å². The van der Waals surface area contributed by atoms with Gasteiger partial charge >= 0.3 is 0 Å². The van der Waals surface area contributed by atoms with Crippen molar-refractivity contribution in [3.05, 3.63) is 0 Å². The van der Waals surface area contributed by atoms with Gasteiger partial charge in [0.05, 0.1) is 13.2 Å². The van der Waals surface area contributed by atoms with E-state index in [4.69, 9.17) is 9.84 Å². The highest BCUT2D eigenvalue weighted by Gasteiger charge is 2.14. The van der Waals surface area contributed by atoms with Gasteiger partial charge < -0.3 is 15.2 Å². The van der Waals surface area contributed by atoms with E-state index >= 15 is 0 Å². The topological polar surface area (TPSA) is 58.6 Å². The Hall–Kier alpha value is -0.610. The quantitative estimate of drug-likeness (QED) is 0.527. The molecule has 0 saturated heterocycles. The van der Waals surface area contributed by atoms with Gasteiger partial charge in [-0.15, -0.1) is 0 Å². The highest BCUT2D eigenvalue weighted by atomic mass is 16.5. The van der Waals surface area contributed by atoms with Crippen molar-refractivity contribution in [2.45, 2.75) is 44.6 Å². The monoisotopic (exact) mass is 215 g/mol. The summed E-state index contributed by atoms with van der Waals surface area (Å²) in [5.74, 6) is -0.0599. The minimum Gasteiger partial charge on any atom is -0.394 e. The summed E-state index contributed by atoms with van der Waals surface area (Å²) in [6.45, 7) is 0.270. The lowest BCUT2D eigenvalue weighted by molar-refractivity contribution is -0.126. The fourth-order valence-electron chi connectivity index (χ4n) is 1.92. The largest absolute Gasteiger partial charge is 0.394 e. The molecule has 0 bridgehead atoms. The molecule has 1 fully saturated rings. The van der Waals surface area contributed by atoms with E-state index in [1.807, 2.05) is 0 Å². The minimum atomic E-state index is -0.0599. The molecule has 88 valence electrons. The molecule has 0 spiro atoms. The summed E-state index contributed by atoms with van der Waals surface area (Å²) >= 11 is 0. The predicted octanol–water partition coefficient (Wildman–Crippen LogP) is 0.834. The first-order chi connectivity index (χ1) is 7.33. The van der Waals surface area contributed by atoms with Crippen molar-refractivity contribution in [1.82, 2.24) is 5.32 Å². The Balaban J connectivity index is 2.12. The van der Waals surface area contributed by atoms with Gasteiger partial charge in [-0.3, -0.25) is 4.79 Å². The Bertz CT molecular complexity index is 177. The summed E-state index contributed by atoms with van der Waals surface area (Å²) in [4.78, 5) is 11.4. The molecule has 0 aliphatic heterocycles. The van der Waals surface area contributed by atoms with Gasteiger partial charge in [-0.1, -0.05) is 25.7 Å². The van der Waals surface area contributed by atoms with Crippen molar-refractivity contribution in [2.24, 2.45) is 0 Å². The van der Waals surface area contributed by atoms with Crippen LogP contribution in [-0.4, -0.2) is 36.9 Å². The van der Waals surface area contributed by atoms with Crippen LogP contribution in [0.25, 0.3) is 0 Å². The van der Waals surface area contributed by atoms with Crippen LogP contribution in [0.1, 0.15) is 38.5 Å². The van der Waals surface area contributed by atoms with E-state index in [0.717, 1.165) is 12.8 Å². The number of aliphatic hydroxyl groups is 1. The molecule has 15 heavy (non-hydrogen) atoms. The number of hydrogen-bond donors (Lipinski definition) is 2. The molecule has 1 aliphatic carbocycles. The van der Waals surface area contributed by atoms with Gasteiger partial charge in [0.15, 0.2) is 0 Å². The van der Waals surface area contributed by atoms with Crippen LogP contribution in [0.4, 0.5) is 0 Å². The molecule has 1 saturated carbocycles. The fourth-order valence-corrected chi connectivity index (χ4v) is 1.92. The molecule has 0 atom stereocenters. The highest BCUT2D eigenvalue weighted by molar-refractivity contribution is 5.77. The lowest BCUT2D eigenvalue weighted by Gasteiger charge is -2.15. The molecule has 1 rings (SSSR count). The Morgan fingerprint density at radius 1 is 1.27 bits per heavy atom. The number of hydrogen-bond acceptors (Lipinski definition) is 3. The third-order valence-corrected chi connectivity index (χ3v) is 2.69. The first-order valence-electron chi connectivity index (χ1n) is 5.81. The summed E-state index contributed by atoms with van der Waals surface area (Å²) in [6, 6.07) is 0.331. The normalized spacial score (nSPS) is 18.5. The second kappa shape index (κ2) is 7.65. The molecule has 0 aromatic carbocycles. The van der Waals surface area contributed by atoms with Crippen LogP contribution in [0, 0.1) is 0 Å². The number of rotatable bonds is 5. The summed E-state index contributed by atoms with van der Waals surface area (Å²) in [7, 11) is 0. The summed E-state index contributed by atoms with van der Waals surface area (Å²) in [6.07, 6.45) is 7.17. The summed E-state index contributed by atoms with van der Waals surface area (Å²) in [5.41, 5.74) is 0. The van der Waals surface area contributed by atoms with Crippen molar-refractivity contribution in [2.75, 3.05) is 19.8 Å². The maximum atomic E-state index is 11.4. The fraction of sp³-hybridized carbons (Fsp3) is 0.909. The van der Waals surface area contributed by atoms with Crippen LogP contribution in [0.2, 0.25) is 0 Å². The molecule has 0 unspecified atom stereocenters. The number of carbonyl (C=O) groups excluding carboxylic acids is 1. The zero-order valence-corrected chi connectivity index (χ0v) is 9.21. The van der Waals surface area contributed by atoms with Gasteiger partial charge in [-0.2, -0.15) is 0 Å². The smallest absolute Gasteiger partial charge is 0.246 e.